The van der Waals surface area contributed by atoms with Crippen LogP contribution in [0.15, 0.2) is 24.5 Å². The number of nitrogens with zero attached hydrogens (tertiary/aromatic N) is 3. The number of carbonyl (C=O) groups is 1. The highest BCUT2D eigenvalue weighted by molar-refractivity contribution is 7.90. The molecule has 1 aromatic carbocycles. The van der Waals surface area contributed by atoms with Crippen molar-refractivity contribution in [2.24, 2.45) is 5.92 Å². The van der Waals surface area contributed by atoms with Crippen molar-refractivity contribution in [1.82, 2.24) is 9.78 Å². The van der Waals surface area contributed by atoms with Crippen molar-refractivity contribution in [2.45, 2.75) is 52.1 Å². The van der Waals surface area contributed by atoms with Crippen LogP contribution in [0.4, 0.5) is 5.69 Å². The standard InChI is InChI=1S/C24H33N3O5S/c1-17-4-5-22-23(27(17)18(2)28)7-6-21(24(22)32-16-19-8-11-31-12-9-19)20-14-25-26(15-20)10-13-33(3,29)30/h6-7,14-15,17,19H,4-5,8-13,16H2,1-3H3/t17-/m0/s1. The lowest BCUT2D eigenvalue weighted by Crippen LogP contribution is -2.40. The van der Waals surface area contributed by atoms with Crippen LogP contribution < -0.4 is 9.64 Å². The number of hydrogen-bond donors (Lipinski definition) is 0. The van der Waals surface area contributed by atoms with E-state index in [0.717, 1.165) is 67.0 Å². The Balaban J connectivity index is 1.69. The van der Waals surface area contributed by atoms with Gasteiger partial charge in [-0.2, -0.15) is 5.10 Å². The summed E-state index contributed by atoms with van der Waals surface area (Å²) in [6, 6.07) is 4.13. The van der Waals surface area contributed by atoms with Gasteiger partial charge in [-0.1, -0.05) is 0 Å². The lowest BCUT2D eigenvalue weighted by atomic mass is 9.92. The van der Waals surface area contributed by atoms with Gasteiger partial charge in [-0.05, 0) is 50.7 Å². The van der Waals surface area contributed by atoms with Gasteiger partial charge in [0.2, 0.25) is 5.91 Å². The molecule has 1 saturated heterocycles. The Morgan fingerprint density at radius 3 is 2.70 bits per heavy atom. The Hall–Kier alpha value is -2.39. The minimum absolute atomic E-state index is 0.0279. The molecule has 0 aliphatic carbocycles. The van der Waals surface area contributed by atoms with E-state index in [2.05, 4.69) is 12.0 Å². The third-order valence-corrected chi connectivity index (χ3v) is 7.45. The maximum Gasteiger partial charge on any atom is 0.224 e. The number of carbonyl (C=O) groups excluding carboxylic acids is 1. The molecular weight excluding hydrogens is 442 g/mol. The molecule has 0 saturated carbocycles. The summed E-state index contributed by atoms with van der Waals surface area (Å²) in [6.45, 7) is 6.11. The first-order chi connectivity index (χ1) is 15.7. The maximum atomic E-state index is 12.4. The number of rotatable bonds is 7. The summed E-state index contributed by atoms with van der Waals surface area (Å²) in [5.74, 6) is 1.31. The van der Waals surface area contributed by atoms with Crippen molar-refractivity contribution < 1.29 is 22.7 Å². The topological polar surface area (TPSA) is 90.7 Å². The Morgan fingerprint density at radius 2 is 2.00 bits per heavy atom. The summed E-state index contributed by atoms with van der Waals surface area (Å²) in [6.07, 6.45) is 8.50. The molecule has 1 fully saturated rings. The molecule has 4 rings (SSSR count). The fourth-order valence-electron chi connectivity index (χ4n) is 4.68. The summed E-state index contributed by atoms with van der Waals surface area (Å²) in [5, 5.41) is 4.37. The van der Waals surface area contributed by atoms with Crippen molar-refractivity contribution in [3.63, 3.8) is 0 Å². The molecule has 0 unspecified atom stereocenters. The van der Waals surface area contributed by atoms with E-state index < -0.39 is 9.84 Å². The summed E-state index contributed by atoms with van der Waals surface area (Å²) >= 11 is 0. The molecule has 1 atom stereocenters. The number of fused-ring (bicyclic) bond motifs is 1. The third-order valence-electron chi connectivity index (χ3n) is 6.53. The summed E-state index contributed by atoms with van der Waals surface area (Å²) < 4.78 is 36.7. The highest BCUT2D eigenvalue weighted by Crippen LogP contribution is 2.43. The number of amides is 1. The lowest BCUT2D eigenvalue weighted by Gasteiger charge is -2.36. The van der Waals surface area contributed by atoms with Crippen LogP contribution in [0, 0.1) is 5.92 Å². The molecule has 3 heterocycles. The summed E-state index contributed by atoms with van der Waals surface area (Å²) in [4.78, 5) is 14.3. The van der Waals surface area contributed by atoms with Crippen LogP contribution in [0.2, 0.25) is 0 Å². The van der Waals surface area contributed by atoms with Crippen molar-refractivity contribution in [2.75, 3.05) is 36.7 Å². The molecule has 9 heteroatoms. The first kappa shape index (κ1) is 23.8. The Labute approximate surface area is 195 Å². The summed E-state index contributed by atoms with van der Waals surface area (Å²) in [5.41, 5.74) is 3.76. The van der Waals surface area contributed by atoms with Gasteiger partial charge < -0.3 is 14.4 Å². The number of anilines is 1. The zero-order valence-corrected chi connectivity index (χ0v) is 20.4. The normalized spacial score (nSPS) is 19.4. The average Bonchev–Trinajstić information content (AvgIpc) is 3.24. The number of ether oxygens (including phenoxy) is 2. The molecule has 0 bridgehead atoms. The highest BCUT2D eigenvalue weighted by atomic mass is 32.2. The Bertz CT molecular complexity index is 1110. The van der Waals surface area contributed by atoms with Crippen LogP contribution >= 0.6 is 0 Å². The average molecular weight is 476 g/mol. The van der Waals surface area contributed by atoms with Gasteiger partial charge in [-0.15, -0.1) is 0 Å². The molecule has 0 radical (unpaired) electrons. The second-order valence-electron chi connectivity index (χ2n) is 9.21. The summed E-state index contributed by atoms with van der Waals surface area (Å²) in [7, 11) is -3.07. The highest BCUT2D eigenvalue weighted by Gasteiger charge is 2.30. The van der Waals surface area contributed by atoms with Gasteiger partial charge in [0.05, 0.1) is 30.8 Å². The molecule has 1 aromatic heterocycles. The number of aromatic nitrogens is 2. The van der Waals surface area contributed by atoms with E-state index in [1.165, 1.54) is 6.26 Å². The number of aryl methyl sites for hydroxylation is 1. The quantitative estimate of drug-likeness (QED) is 0.611. The van der Waals surface area contributed by atoms with Crippen LogP contribution in [0.25, 0.3) is 11.1 Å². The minimum atomic E-state index is -3.07. The van der Waals surface area contributed by atoms with Gasteiger partial charge in [0, 0.05) is 55.3 Å². The van der Waals surface area contributed by atoms with E-state index in [0.29, 0.717) is 19.1 Å². The predicted molar refractivity (Wildman–Crippen MR) is 127 cm³/mol. The second-order valence-corrected chi connectivity index (χ2v) is 11.5. The molecule has 180 valence electrons. The van der Waals surface area contributed by atoms with E-state index in [4.69, 9.17) is 9.47 Å². The molecule has 0 N–H and O–H groups in total. The van der Waals surface area contributed by atoms with Gasteiger partial charge in [0.25, 0.3) is 0 Å². The van der Waals surface area contributed by atoms with E-state index in [1.54, 1.807) is 17.8 Å². The van der Waals surface area contributed by atoms with Crippen LogP contribution in [0.1, 0.15) is 38.7 Å². The molecule has 2 aliphatic rings. The second kappa shape index (κ2) is 9.85. The zero-order valence-electron chi connectivity index (χ0n) is 19.6. The molecule has 1 amide bonds. The van der Waals surface area contributed by atoms with Crippen molar-refractivity contribution in [3.8, 4) is 16.9 Å². The first-order valence-corrected chi connectivity index (χ1v) is 13.7. The molecule has 2 aromatic rings. The fraction of sp³-hybridized carbons (Fsp3) is 0.583. The van der Waals surface area contributed by atoms with E-state index in [-0.39, 0.29) is 17.7 Å². The Morgan fingerprint density at radius 1 is 1.24 bits per heavy atom. The van der Waals surface area contributed by atoms with Gasteiger partial charge in [-0.3, -0.25) is 9.48 Å². The van der Waals surface area contributed by atoms with E-state index in [9.17, 15) is 13.2 Å². The van der Waals surface area contributed by atoms with Gasteiger partial charge in [0.1, 0.15) is 15.6 Å². The van der Waals surface area contributed by atoms with Crippen molar-refractivity contribution >= 4 is 21.4 Å². The molecule has 0 spiro atoms. The third kappa shape index (κ3) is 5.58. The largest absolute Gasteiger partial charge is 0.492 e. The van der Waals surface area contributed by atoms with Gasteiger partial charge >= 0.3 is 0 Å². The smallest absolute Gasteiger partial charge is 0.224 e. The van der Waals surface area contributed by atoms with E-state index in [1.807, 2.05) is 23.2 Å². The SMILES string of the molecule is CC(=O)N1c2ccc(-c3cnn(CCS(C)(=O)=O)c3)c(OCC3CCOCC3)c2CC[C@@H]1C. The van der Waals surface area contributed by atoms with Crippen LogP contribution in [0.5, 0.6) is 5.75 Å². The van der Waals surface area contributed by atoms with Gasteiger partial charge in [0.15, 0.2) is 0 Å². The van der Waals surface area contributed by atoms with Gasteiger partial charge in [-0.25, -0.2) is 8.42 Å². The van der Waals surface area contributed by atoms with Crippen LogP contribution in [-0.2, 0) is 32.3 Å². The molecule has 33 heavy (non-hydrogen) atoms. The van der Waals surface area contributed by atoms with Crippen molar-refractivity contribution in [1.29, 1.82) is 0 Å². The van der Waals surface area contributed by atoms with Crippen molar-refractivity contribution in [3.05, 3.63) is 30.1 Å². The molecule has 2 aliphatic heterocycles. The zero-order chi connectivity index (χ0) is 23.6. The van der Waals surface area contributed by atoms with E-state index >= 15 is 0 Å². The molecule has 8 nitrogen and oxygen atoms in total. The maximum absolute atomic E-state index is 12.4. The minimum Gasteiger partial charge on any atom is -0.492 e. The monoisotopic (exact) mass is 475 g/mol. The molecular formula is C24H33N3O5S. The van der Waals surface area contributed by atoms with Crippen LogP contribution in [0.3, 0.4) is 0 Å². The predicted octanol–water partition coefficient (Wildman–Crippen LogP) is 3.09. The number of benzene rings is 1. The number of hydrogen-bond acceptors (Lipinski definition) is 6. The number of sulfone groups is 1. The lowest BCUT2D eigenvalue weighted by molar-refractivity contribution is -0.117. The fourth-order valence-corrected chi connectivity index (χ4v) is 5.19. The Kier molecular flexibility index (Phi) is 7.09. The first-order valence-electron chi connectivity index (χ1n) is 11.6. The van der Waals surface area contributed by atoms with Crippen LogP contribution in [-0.4, -0.2) is 62.0 Å².